The van der Waals surface area contributed by atoms with Crippen molar-refractivity contribution in [1.82, 2.24) is 9.97 Å². The van der Waals surface area contributed by atoms with Gasteiger partial charge in [0.25, 0.3) is 0 Å². The minimum Gasteiger partial charge on any atom is -0.494 e. The number of halogens is 1. The van der Waals surface area contributed by atoms with E-state index in [2.05, 4.69) is 20.3 Å². The standard InChI is InChI=1S/C22H19FN4O/c23-19-13-16(5-6-21(19)25-12-9-15-7-10-24-11-8-15)26-14-18-17-3-1-2-4-20(17)27-22(18)28/h1-8,10-11,13-14,25,27-28H,9,12H2. The van der Waals surface area contributed by atoms with Gasteiger partial charge < -0.3 is 15.4 Å². The molecule has 2 aromatic carbocycles. The Kier molecular flexibility index (Phi) is 5.01. The number of aliphatic imine (C=N–C) groups is 1. The van der Waals surface area contributed by atoms with Crippen LogP contribution in [0.1, 0.15) is 11.1 Å². The summed E-state index contributed by atoms with van der Waals surface area (Å²) < 4.78 is 14.4. The number of para-hydroxylation sites is 1. The molecule has 0 aliphatic heterocycles. The minimum absolute atomic E-state index is 0.0415. The Morgan fingerprint density at radius 2 is 1.93 bits per heavy atom. The van der Waals surface area contributed by atoms with Crippen LogP contribution in [0.3, 0.4) is 0 Å². The van der Waals surface area contributed by atoms with E-state index in [4.69, 9.17) is 0 Å². The van der Waals surface area contributed by atoms with Crippen molar-refractivity contribution in [1.29, 1.82) is 0 Å². The van der Waals surface area contributed by atoms with Crippen molar-refractivity contribution >= 4 is 28.5 Å². The molecule has 0 radical (unpaired) electrons. The summed E-state index contributed by atoms with van der Waals surface area (Å²) in [6.07, 6.45) is 5.81. The maximum atomic E-state index is 14.4. The van der Waals surface area contributed by atoms with Gasteiger partial charge in [0.2, 0.25) is 0 Å². The van der Waals surface area contributed by atoms with E-state index >= 15 is 0 Å². The van der Waals surface area contributed by atoms with Crippen LogP contribution in [0.4, 0.5) is 15.8 Å². The molecule has 6 heteroatoms. The van der Waals surface area contributed by atoms with E-state index in [0.29, 0.717) is 23.5 Å². The van der Waals surface area contributed by atoms with Gasteiger partial charge in [-0.2, -0.15) is 0 Å². The van der Waals surface area contributed by atoms with Gasteiger partial charge in [-0.05, 0) is 42.3 Å². The highest BCUT2D eigenvalue weighted by molar-refractivity contribution is 6.02. The lowest BCUT2D eigenvalue weighted by atomic mass is 10.2. The first-order chi connectivity index (χ1) is 13.7. The Morgan fingerprint density at radius 1 is 1.11 bits per heavy atom. The van der Waals surface area contributed by atoms with Gasteiger partial charge in [-0.25, -0.2) is 4.39 Å². The number of nitrogens with one attached hydrogen (secondary N) is 2. The first-order valence-corrected chi connectivity index (χ1v) is 8.97. The summed E-state index contributed by atoms with van der Waals surface area (Å²) in [5.41, 5.74) is 3.45. The van der Waals surface area contributed by atoms with E-state index in [9.17, 15) is 9.50 Å². The van der Waals surface area contributed by atoms with Crippen molar-refractivity contribution in [3.63, 3.8) is 0 Å². The summed E-state index contributed by atoms with van der Waals surface area (Å²) in [6.45, 7) is 0.618. The summed E-state index contributed by atoms with van der Waals surface area (Å²) in [4.78, 5) is 11.2. The number of rotatable bonds is 6. The minimum atomic E-state index is -0.368. The highest BCUT2D eigenvalue weighted by Crippen LogP contribution is 2.27. The topological polar surface area (TPSA) is 73.3 Å². The van der Waals surface area contributed by atoms with E-state index in [1.54, 1.807) is 30.7 Å². The third kappa shape index (κ3) is 3.86. The second-order valence-electron chi connectivity index (χ2n) is 6.39. The van der Waals surface area contributed by atoms with Crippen molar-refractivity contribution in [3.05, 3.63) is 83.9 Å². The maximum Gasteiger partial charge on any atom is 0.198 e. The number of anilines is 1. The predicted octanol–water partition coefficient (Wildman–Crippen LogP) is 4.81. The number of nitrogens with zero attached hydrogens (tertiary/aromatic N) is 2. The second kappa shape index (κ2) is 7.92. The molecule has 4 aromatic rings. The molecule has 3 N–H and O–H groups in total. The van der Waals surface area contributed by atoms with Crippen LogP contribution in [0.25, 0.3) is 10.9 Å². The molecule has 5 nitrogen and oxygen atoms in total. The molecular formula is C22H19FN4O. The van der Waals surface area contributed by atoms with Crippen molar-refractivity contribution in [2.75, 3.05) is 11.9 Å². The van der Waals surface area contributed by atoms with Gasteiger partial charge in [-0.1, -0.05) is 18.2 Å². The average molecular weight is 374 g/mol. The molecule has 0 spiro atoms. The first-order valence-electron chi connectivity index (χ1n) is 8.97. The van der Waals surface area contributed by atoms with Gasteiger partial charge in [-0.15, -0.1) is 0 Å². The lowest BCUT2D eigenvalue weighted by molar-refractivity contribution is 0.457. The zero-order valence-electron chi connectivity index (χ0n) is 15.1. The maximum absolute atomic E-state index is 14.4. The molecule has 0 saturated carbocycles. The molecule has 28 heavy (non-hydrogen) atoms. The van der Waals surface area contributed by atoms with E-state index in [1.165, 1.54) is 6.07 Å². The molecule has 140 valence electrons. The summed E-state index contributed by atoms with van der Waals surface area (Å²) >= 11 is 0. The summed E-state index contributed by atoms with van der Waals surface area (Å²) in [5, 5.41) is 14.0. The Bertz CT molecular complexity index is 1120. The molecule has 0 aliphatic carbocycles. The number of hydrogen-bond donors (Lipinski definition) is 3. The fraction of sp³-hybridized carbons (Fsp3) is 0.0909. The molecule has 0 amide bonds. The molecule has 2 heterocycles. The molecule has 0 fully saturated rings. The molecule has 0 bridgehead atoms. The quantitative estimate of drug-likeness (QED) is 0.424. The molecule has 2 aromatic heterocycles. The molecule has 0 aliphatic rings. The van der Waals surface area contributed by atoms with E-state index < -0.39 is 0 Å². The number of aromatic hydroxyl groups is 1. The summed E-state index contributed by atoms with van der Waals surface area (Å²) in [5.74, 6) is -0.327. The van der Waals surface area contributed by atoms with Crippen LogP contribution in [0.5, 0.6) is 5.88 Å². The lowest BCUT2D eigenvalue weighted by Crippen LogP contribution is -2.06. The zero-order chi connectivity index (χ0) is 19.3. The predicted molar refractivity (Wildman–Crippen MR) is 110 cm³/mol. The number of fused-ring (bicyclic) bond motifs is 1. The third-order valence-corrected chi connectivity index (χ3v) is 4.50. The molecule has 4 rings (SSSR count). The fourth-order valence-corrected chi connectivity index (χ4v) is 3.04. The fourth-order valence-electron chi connectivity index (χ4n) is 3.04. The Labute approximate surface area is 161 Å². The summed E-state index contributed by atoms with van der Waals surface area (Å²) in [7, 11) is 0. The van der Waals surface area contributed by atoms with Crippen LogP contribution in [0.2, 0.25) is 0 Å². The molecule has 0 unspecified atom stereocenters. The van der Waals surface area contributed by atoms with Crippen LogP contribution in [-0.4, -0.2) is 27.8 Å². The van der Waals surface area contributed by atoms with Crippen LogP contribution in [0.15, 0.2) is 72.0 Å². The zero-order valence-corrected chi connectivity index (χ0v) is 15.1. The van der Waals surface area contributed by atoms with Crippen molar-refractivity contribution in [3.8, 4) is 5.88 Å². The monoisotopic (exact) mass is 374 g/mol. The first kappa shape index (κ1) is 17.7. The van der Waals surface area contributed by atoms with Gasteiger partial charge >= 0.3 is 0 Å². The van der Waals surface area contributed by atoms with Crippen LogP contribution < -0.4 is 5.32 Å². The third-order valence-electron chi connectivity index (χ3n) is 4.50. The van der Waals surface area contributed by atoms with Crippen LogP contribution in [-0.2, 0) is 6.42 Å². The number of pyridine rings is 1. The molecule has 0 saturated heterocycles. The largest absolute Gasteiger partial charge is 0.494 e. The Morgan fingerprint density at radius 3 is 2.75 bits per heavy atom. The number of hydrogen-bond acceptors (Lipinski definition) is 4. The lowest BCUT2D eigenvalue weighted by Gasteiger charge is -2.08. The summed E-state index contributed by atoms with van der Waals surface area (Å²) in [6, 6.07) is 16.2. The highest BCUT2D eigenvalue weighted by Gasteiger charge is 2.08. The van der Waals surface area contributed by atoms with Crippen molar-refractivity contribution in [2.24, 2.45) is 4.99 Å². The molecule has 0 atom stereocenters. The number of H-pyrrole nitrogens is 1. The van der Waals surface area contributed by atoms with Crippen molar-refractivity contribution in [2.45, 2.75) is 6.42 Å². The number of aromatic nitrogens is 2. The Hall–Kier alpha value is -3.67. The van der Waals surface area contributed by atoms with Crippen molar-refractivity contribution < 1.29 is 9.50 Å². The van der Waals surface area contributed by atoms with Gasteiger partial charge in [0.05, 0.1) is 16.9 Å². The van der Waals surface area contributed by atoms with Gasteiger partial charge in [-0.3, -0.25) is 9.98 Å². The van der Waals surface area contributed by atoms with Gasteiger partial charge in [0, 0.05) is 42.1 Å². The van der Waals surface area contributed by atoms with Crippen LogP contribution >= 0.6 is 0 Å². The smallest absolute Gasteiger partial charge is 0.198 e. The highest BCUT2D eigenvalue weighted by atomic mass is 19.1. The SMILES string of the molecule is Oc1[nH]c2ccccc2c1C=Nc1ccc(NCCc2ccncc2)c(F)c1. The number of aromatic amines is 1. The van der Waals surface area contributed by atoms with E-state index in [0.717, 1.165) is 22.9 Å². The normalized spacial score (nSPS) is 11.3. The molecular weight excluding hydrogens is 355 g/mol. The number of benzene rings is 2. The second-order valence-corrected chi connectivity index (χ2v) is 6.39. The van der Waals surface area contributed by atoms with E-state index in [-0.39, 0.29) is 11.7 Å². The Balaban J connectivity index is 1.45. The van der Waals surface area contributed by atoms with Gasteiger partial charge in [0.1, 0.15) is 5.82 Å². The van der Waals surface area contributed by atoms with Crippen LogP contribution in [0, 0.1) is 5.82 Å². The van der Waals surface area contributed by atoms with E-state index in [1.807, 2.05) is 36.4 Å². The van der Waals surface area contributed by atoms with Gasteiger partial charge in [0.15, 0.2) is 5.88 Å². The average Bonchev–Trinajstić information content (AvgIpc) is 3.04.